The van der Waals surface area contributed by atoms with Crippen LogP contribution in [0.1, 0.15) is 31.9 Å². The Labute approximate surface area is 133 Å². The van der Waals surface area contributed by atoms with Gasteiger partial charge in [-0.15, -0.1) is 0 Å². The largest absolute Gasteiger partial charge is 0.433 e. The molecule has 0 spiro atoms. The highest BCUT2D eigenvalue weighted by Gasteiger charge is 2.52. The number of hydrogen-bond donors (Lipinski definition) is 0. The molecule has 1 aromatic carbocycles. The quantitative estimate of drug-likeness (QED) is 0.619. The topological polar surface area (TPSA) is 59.3 Å². The van der Waals surface area contributed by atoms with Crippen molar-refractivity contribution in [1.82, 2.24) is 0 Å². The number of alkyl halides is 1. The van der Waals surface area contributed by atoms with E-state index in [0.29, 0.717) is 17.3 Å². The van der Waals surface area contributed by atoms with Crippen molar-refractivity contribution >= 4 is 21.9 Å². The Morgan fingerprint density at radius 3 is 2.38 bits per heavy atom. The molecule has 21 heavy (non-hydrogen) atoms. The summed E-state index contributed by atoms with van der Waals surface area (Å²) < 4.78 is 11.4. The molecule has 2 rings (SSSR count). The van der Waals surface area contributed by atoms with Gasteiger partial charge < -0.3 is 9.47 Å². The molecule has 0 aromatic heterocycles. The fourth-order valence-electron chi connectivity index (χ4n) is 2.11. The number of rotatable bonds is 3. The predicted octanol–water partition coefficient (Wildman–Crippen LogP) is 3.18. The van der Waals surface area contributed by atoms with Gasteiger partial charge in [0.25, 0.3) is 0 Å². The summed E-state index contributed by atoms with van der Waals surface area (Å²) in [5.74, 6) is -0.344. The number of halogens is 1. The Hall–Kier alpha value is -1.38. The number of ether oxygens (including phenoxy) is 2. The van der Waals surface area contributed by atoms with Gasteiger partial charge in [-0.1, -0.05) is 48.8 Å². The van der Waals surface area contributed by atoms with Crippen molar-refractivity contribution in [2.75, 3.05) is 5.33 Å². The van der Waals surface area contributed by atoms with Gasteiger partial charge in [0.2, 0.25) is 6.29 Å². The molecule has 1 heterocycles. The van der Waals surface area contributed by atoms with Gasteiger partial charge in [0.05, 0.1) is 11.6 Å². The third kappa shape index (κ3) is 3.28. The maximum Gasteiger partial charge on any atom is 0.342 e. The minimum atomic E-state index is -1.01. The van der Waals surface area contributed by atoms with Gasteiger partial charge in [0.15, 0.2) is 5.60 Å². The molecule has 0 aliphatic carbocycles. The zero-order chi connectivity index (χ0) is 15.7. The van der Waals surface area contributed by atoms with Crippen LogP contribution in [0.2, 0.25) is 0 Å². The van der Waals surface area contributed by atoms with Crippen molar-refractivity contribution in [3.8, 4) is 6.07 Å². The number of esters is 1. The van der Waals surface area contributed by atoms with Crippen molar-refractivity contribution in [2.24, 2.45) is 5.41 Å². The zero-order valence-corrected chi connectivity index (χ0v) is 13.9. The molecular formula is C16H18BrNO3. The number of cyclic esters (lactones) is 1. The number of nitrogens with zero attached hydrogens (tertiary/aromatic N) is 1. The van der Waals surface area contributed by atoms with Gasteiger partial charge in [0, 0.05) is 17.2 Å². The van der Waals surface area contributed by atoms with Crippen molar-refractivity contribution in [3.63, 3.8) is 0 Å². The van der Waals surface area contributed by atoms with Gasteiger partial charge in [0.1, 0.15) is 0 Å². The fourth-order valence-corrected chi connectivity index (χ4v) is 2.67. The highest BCUT2D eigenvalue weighted by atomic mass is 79.9. The molecule has 2 atom stereocenters. The smallest absolute Gasteiger partial charge is 0.342 e. The summed E-state index contributed by atoms with van der Waals surface area (Å²) in [4.78, 5) is 12.3. The van der Waals surface area contributed by atoms with Gasteiger partial charge in [-0.05, 0) is 17.7 Å². The number of carbonyl (C=O) groups excluding carboxylic acids is 1. The van der Waals surface area contributed by atoms with Crippen molar-refractivity contribution in [2.45, 2.75) is 39.1 Å². The third-order valence-electron chi connectivity index (χ3n) is 3.41. The molecule has 1 aromatic rings. The lowest BCUT2D eigenvalue weighted by Gasteiger charge is -2.27. The van der Waals surface area contributed by atoms with Crippen LogP contribution in [-0.4, -0.2) is 23.2 Å². The lowest BCUT2D eigenvalue weighted by Crippen LogP contribution is -2.41. The average molecular weight is 352 g/mol. The summed E-state index contributed by atoms with van der Waals surface area (Å²) >= 11 is 3.38. The number of hydrogen-bond acceptors (Lipinski definition) is 4. The third-order valence-corrected chi connectivity index (χ3v) is 4.32. The van der Waals surface area contributed by atoms with Crippen LogP contribution >= 0.6 is 15.9 Å². The summed E-state index contributed by atoms with van der Waals surface area (Å²) in [6.45, 7) is 5.91. The molecule has 1 aliphatic rings. The van der Waals surface area contributed by atoms with Crippen LogP contribution in [0.4, 0.5) is 0 Å². The van der Waals surface area contributed by atoms with Crippen molar-refractivity contribution < 1.29 is 14.3 Å². The van der Waals surface area contributed by atoms with Crippen molar-refractivity contribution in [3.05, 3.63) is 35.4 Å². The first-order valence-corrected chi connectivity index (χ1v) is 7.87. The second kappa shape index (κ2) is 5.78. The Bertz CT molecular complexity index is 571. The molecule has 1 fully saturated rings. The lowest BCUT2D eigenvalue weighted by molar-refractivity contribution is -0.155. The van der Waals surface area contributed by atoms with Gasteiger partial charge in [-0.25, -0.2) is 4.79 Å². The zero-order valence-electron chi connectivity index (χ0n) is 12.4. The average Bonchev–Trinajstić information content (AvgIpc) is 2.77. The molecule has 5 heteroatoms. The summed E-state index contributed by atoms with van der Waals surface area (Å²) in [7, 11) is 0. The minimum absolute atomic E-state index is 0.274. The molecule has 1 saturated heterocycles. The molecule has 0 radical (unpaired) electrons. The highest BCUT2D eigenvalue weighted by Crippen LogP contribution is 2.37. The van der Waals surface area contributed by atoms with E-state index in [1.165, 1.54) is 0 Å². The predicted molar refractivity (Wildman–Crippen MR) is 81.8 cm³/mol. The summed E-state index contributed by atoms with van der Waals surface area (Å²) in [5.41, 5.74) is 0.241. The van der Waals surface area contributed by atoms with Crippen LogP contribution in [0, 0.1) is 16.7 Å². The summed E-state index contributed by atoms with van der Waals surface area (Å²) in [5, 5.41) is 9.19. The molecule has 0 bridgehead atoms. The fraction of sp³-hybridized carbons (Fsp3) is 0.500. The van der Waals surface area contributed by atoms with E-state index < -0.39 is 11.9 Å². The van der Waals surface area contributed by atoms with E-state index >= 15 is 0 Å². The van der Waals surface area contributed by atoms with E-state index in [1.54, 1.807) is 12.1 Å². The van der Waals surface area contributed by atoms with E-state index in [4.69, 9.17) is 14.7 Å². The number of nitriles is 1. The van der Waals surface area contributed by atoms with E-state index in [-0.39, 0.29) is 11.4 Å². The van der Waals surface area contributed by atoms with Crippen LogP contribution in [0.15, 0.2) is 24.3 Å². The molecule has 0 amide bonds. The molecule has 1 aliphatic heterocycles. The first kappa shape index (κ1) is 16.0. The molecule has 112 valence electrons. The Morgan fingerprint density at radius 2 is 1.95 bits per heavy atom. The van der Waals surface area contributed by atoms with Crippen LogP contribution in [0.5, 0.6) is 0 Å². The molecule has 0 saturated carbocycles. The maximum absolute atomic E-state index is 12.3. The van der Waals surface area contributed by atoms with Gasteiger partial charge >= 0.3 is 5.97 Å². The normalized spacial score (nSPS) is 25.5. The minimum Gasteiger partial charge on any atom is -0.433 e. The highest BCUT2D eigenvalue weighted by molar-refractivity contribution is 9.09. The molecule has 4 nitrogen and oxygen atoms in total. The van der Waals surface area contributed by atoms with Crippen LogP contribution < -0.4 is 0 Å². The SMILES string of the molecule is CC(C)(C)[C@@H]1OC(=O)[C@](CBr)(Cc2ccc(C#N)cc2)O1. The van der Waals surface area contributed by atoms with Crippen molar-refractivity contribution in [1.29, 1.82) is 5.26 Å². The summed E-state index contributed by atoms with van der Waals surface area (Å²) in [6, 6.07) is 9.22. The summed E-state index contributed by atoms with van der Waals surface area (Å²) in [6.07, 6.45) is -0.143. The Kier molecular flexibility index (Phi) is 4.40. The van der Waals surface area contributed by atoms with E-state index in [0.717, 1.165) is 5.56 Å². The van der Waals surface area contributed by atoms with E-state index in [9.17, 15) is 4.79 Å². The molecular weight excluding hydrogens is 334 g/mol. The van der Waals surface area contributed by atoms with E-state index in [1.807, 2.05) is 32.9 Å². The molecule has 0 N–H and O–H groups in total. The first-order valence-electron chi connectivity index (χ1n) is 6.75. The number of carbonyl (C=O) groups is 1. The Morgan fingerprint density at radius 1 is 1.33 bits per heavy atom. The van der Waals surface area contributed by atoms with E-state index in [2.05, 4.69) is 22.0 Å². The monoisotopic (exact) mass is 351 g/mol. The standard InChI is InChI=1S/C16H18BrNO3/c1-15(2,3)14-20-13(19)16(10-17,21-14)8-11-4-6-12(9-18)7-5-11/h4-7,14H,8,10H2,1-3H3/t14-,16-/m1/s1. The lowest BCUT2D eigenvalue weighted by atomic mass is 9.94. The maximum atomic E-state index is 12.3. The molecule has 0 unspecified atom stereocenters. The second-order valence-corrected chi connectivity index (χ2v) is 6.90. The van der Waals surface area contributed by atoms with Crippen LogP contribution in [0.25, 0.3) is 0 Å². The van der Waals surface area contributed by atoms with Gasteiger partial charge in [-0.2, -0.15) is 5.26 Å². The first-order chi connectivity index (χ1) is 9.80. The van der Waals surface area contributed by atoms with Crippen LogP contribution in [-0.2, 0) is 20.7 Å². The van der Waals surface area contributed by atoms with Gasteiger partial charge in [-0.3, -0.25) is 0 Å². The van der Waals surface area contributed by atoms with Crippen LogP contribution in [0.3, 0.4) is 0 Å². The number of benzene rings is 1. The Balaban J connectivity index is 2.22. The second-order valence-electron chi connectivity index (χ2n) is 6.33.